The zero-order valence-electron chi connectivity index (χ0n) is 17.9. The van der Waals surface area contributed by atoms with Crippen molar-refractivity contribution in [2.24, 2.45) is 21.3 Å². The number of rotatable bonds is 7. The predicted octanol–water partition coefficient (Wildman–Crippen LogP) is 5.11. The summed E-state index contributed by atoms with van der Waals surface area (Å²) >= 11 is 1.25. The normalized spacial score (nSPS) is 21.4. The molecule has 0 fully saturated rings. The number of nitrogens with zero attached hydrogens (tertiary/aromatic N) is 1. The molecule has 2 aromatic carbocycles. The zero-order valence-corrected chi connectivity index (χ0v) is 18.7. The predicted molar refractivity (Wildman–Crippen MR) is 128 cm³/mol. The first-order chi connectivity index (χ1) is 14.9. The number of nitrogens with two attached hydrogens (primary N) is 2. The molecular weight excluding hydrogens is 409 g/mol. The Morgan fingerprint density at radius 1 is 1.16 bits per heavy atom. The SMILES string of the molecule is Cc1ccc(CC2(C=O)CC(=CN)C(=Nc3ccc(F)cc3)C=C2CCSN)cc1C. The maximum Gasteiger partial charge on any atom is 0.130 e. The number of aldehydes is 1. The van der Waals surface area contributed by atoms with Crippen LogP contribution in [0.2, 0.25) is 0 Å². The van der Waals surface area contributed by atoms with Crippen LogP contribution in [-0.4, -0.2) is 17.8 Å². The largest absolute Gasteiger partial charge is 0.404 e. The van der Waals surface area contributed by atoms with E-state index in [-0.39, 0.29) is 5.82 Å². The van der Waals surface area contributed by atoms with Crippen LogP contribution in [0.15, 0.2) is 70.9 Å². The molecule has 1 aliphatic carbocycles. The molecule has 0 bridgehead atoms. The van der Waals surface area contributed by atoms with Crippen LogP contribution in [0.25, 0.3) is 0 Å². The highest BCUT2D eigenvalue weighted by atomic mass is 32.2. The second-order valence-corrected chi connectivity index (χ2v) is 8.74. The lowest BCUT2D eigenvalue weighted by molar-refractivity contribution is -0.114. The lowest BCUT2D eigenvalue weighted by Gasteiger charge is -2.36. The van der Waals surface area contributed by atoms with E-state index in [4.69, 9.17) is 10.9 Å². The van der Waals surface area contributed by atoms with Crippen molar-refractivity contribution >= 4 is 29.6 Å². The van der Waals surface area contributed by atoms with E-state index < -0.39 is 5.41 Å². The smallest absolute Gasteiger partial charge is 0.130 e. The van der Waals surface area contributed by atoms with Crippen molar-refractivity contribution in [1.82, 2.24) is 0 Å². The van der Waals surface area contributed by atoms with Crippen LogP contribution in [0.3, 0.4) is 0 Å². The third kappa shape index (κ3) is 5.32. The van der Waals surface area contributed by atoms with Crippen LogP contribution in [0.4, 0.5) is 10.1 Å². The molecule has 0 radical (unpaired) electrons. The Hall–Kier alpha value is -2.70. The summed E-state index contributed by atoms with van der Waals surface area (Å²) < 4.78 is 13.3. The fourth-order valence-corrected chi connectivity index (χ4v) is 4.29. The number of aliphatic imine (C=N–C) groups is 1. The summed E-state index contributed by atoms with van der Waals surface area (Å²) in [6, 6.07) is 12.3. The fraction of sp³-hybridized carbons (Fsp3) is 0.280. The molecule has 31 heavy (non-hydrogen) atoms. The van der Waals surface area contributed by atoms with Gasteiger partial charge in [0.25, 0.3) is 0 Å². The molecule has 1 atom stereocenters. The van der Waals surface area contributed by atoms with Crippen molar-refractivity contribution in [3.8, 4) is 0 Å². The van der Waals surface area contributed by atoms with Gasteiger partial charge >= 0.3 is 0 Å². The quantitative estimate of drug-likeness (QED) is 0.466. The van der Waals surface area contributed by atoms with Gasteiger partial charge in [0.2, 0.25) is 0 Å². The van der Waals surface area contributed by atoms with Crippen molar-refractivity contribution in [2.75, 3.05) is 5.75 Å². The van der Waals surface area contributed by atoms with E-state index in [2.05, 4.69) is 37.0 Å². The molecule has 0 aromatic heterocycles. The van der Waals surface area contributed by atoms with Gasteiger partial charge in [0.05, 0.1) is 16.8 Å². The number of carbonyl (C=O) groups is 1. The highest BCUT2D eigenvalue weighted by molar-refractivity contribution is 7.97. The van der Waals surface area contributed by atoms with Crippen molar-refractivity contribution < 1.29 is 9.18 Å². The van der Waals surface area contributed by atoms with Crippen molar-refractivity contribution in [2.45, 2.75) is 33.1 Å². The standard InChI is InChI=1S/C25H28FN3OS/c1-17-3-4-19(11-18(17)2)13-25(16-30)14-20(15-27)24(12-21(25)9-10-31-28)29-23-7-5-22(26)6-8-23/h3-8,11-12,15-16H,9-10,13-14,27-28H2,1-2H3. The first-order valence-electron chi connectivity index (χ1n) is 10.2. The Balaban J connectivity index is 2.06. The van der Waals surface area contributed by atoms with Crippen LogP contribution < -0.4 is 10.9 Å². The molecule has 2 aromatic rings. The molecule has 162 valence electrons. The summed E-state index contributed by atoms with van der Waals surface area (Å²) in [6.45, 7) is 4.15. The summed E-state index contributed by atoms with van der Waals surface area (Å²) in [5, 5.41) is 5.69. The molecule has 1 unspecified atom stereocenters. The van der Waals surface area contributed by atoms with Crippen LogP contribution >= 0.6 is 11.9 Å². The average Bonchev–Trinajstić information content (AvgIpc) is 2.77. The Morgan fingerprint density at radius 3 is 2.52 bits per heavy atom. The number of aryl methyl sites for hydroxylation is 2. The molecule has 0 spiro atoms. The molecule has 4 N–H and O–H groups in total. The minimum Gasteiger partial charge on any atom is -0.404 e. The fourth-order valence-electron chi connectivity index (χ4n) is 3.95. The molecule has 0 amide bonds. The highest BCUT2D eigenvalue weighted by Crippen LogP contribution is 2.42. The molecule has 1 aliphatic rings. The summed E-state index contributed by atoms with van der Waals surface area (Å²) in [4.78, 5) is 17.2. The monoisotopic (exact) mass is 437 g/mol. The minimum atomic E-state index is -0.704. The van der Waals surface area contributed by atoms with E-state index in [1.54, 1.807) is 12.1 Å². The third-order valence-corrected chi connectivity index (χ3v) is 6.31. The summed E-state index contributed by atoms with van der Waals surface area (Å²) in [5.74, 6) is 0.381. The number of carbonyl (C=O) groups excluding carboxylic acids is 1. The van der Waals surface area contributed by atoms with Crippen LogP contribution in [0.1, 0.15) is 29.5 Å². The van der Waals surface area contributed by atoms with Gasteiger partial charge in [0, 0.05) is 5.75 Å². The molecule has 0 heterocycles. The topological polar surface area (TPSA) is 81.5 Å². The van der Waals surface area contributed by atoms with Gasteiger partial charge < -0.3 is 10.5 Å². The van der Waals surface area contributed by atoms with Crippen LogP contribution in [0.5, 0.6) is 0 Å². The van der Waals surface area contributed by atoms with Crippen molar-refractivity contribution in [1.29, 1.82) is 0 Å². The number of hydrogen-bond donors (Lipinski definition) is 2. The number of benzene rings is 2. The van der Waals surface area contributed by atoms with Gasteiger partial charge in [0.15, 0.2) is 0 Å². The van der Waals surface area contributed by atoms with Gasteiger partial charge in [-0.3, -0.25) is 5.14 Å². The molecule has 0 saturated heterocycles. The van der Waals surface area contributed by atoms with E-state index >= 15 is 0 Å². The first-order valence-corrected chi connectivity index (χ1v) is 11.3. The lowest BCUT2D eigenvalue weighted by atomic mass is 9.67. The summed E-state index contributed by atoms with van der Waals surface area (Å²) in [7, 11) is 0. The second kappa shape index (κ2) is 10.1. The Morgan fingerprint density at radius 2 is 1.90 bits per heavy atom. The summed E-state index contributed by atoms with van der Waals surface area (Å²) in [6.07, 6.45) is 6.24. The number of allylic oxidation sites excluding steroid dienone is 3. The Labute approximate surface area is 187 Å². The van der Waals surface area contributed by atoms with E-state index in [1.165, 1.54) is 41.4 Å². The minimum absolute atomic E-state index is 0.313. The van der Waals surface area contributed by atoms with Crippen LogP contribution in [0, 0.1) is 25.1 Å². The van der Waals surface area contributed by atoms with Crippen LogP contribution in [-0.2, 0) is 11.2 Å². The van der Waals surface area contributed by atoms with E-state index in [1.807, 2.05) is 6.08 Å². The molecule has 6 heteroatoms. The van der Waals surface area contributed by atoms with E-state index in [0.29, 0.717) is 36.4 Å². The Kier molecular flexibility index (Phi) is 7.46. The van der Waals surface area contributed by atoms with Crippen molar-refractivity contribution in [3.63, 3.8) is 0 Å². The lowest BCUT2D eigenvalue weighted by Crippen LogP contribution is -2.34. The van der Waals surface area contributed by atoms with Gasteiger partial charge in [-0.25, -0.2) is 9.38 Å². The number of halogens is 1. The summed E-state index contributed by atoms with van der Waals surface area (Å²) in [5.41, 5.74) is 11.9. The van der Waals surface area contributed by atoms with Gasteiger partial charge in [-0.05, 0) is 91.9 Å². The van der Waals surface area contributed by atoms with Gasteiger partial charge in [-0.15, -0.1) is 0 Å². The van der Waals surface area contributed by atoms with E-state index in [0.717, 1.165) is 23.0 Å². The first kappa shape index (κ1) is 23.0. The average molecular weight is 438 g/mol. The third-order valence-electron chi connectivity index (χ3n) is 5.87. The molecule has 0 aliphatic heterocycles. The highest BCUT2D eigenvalue weighted by Gasteiger charge is 2.39. The maximum absolute atomic E-state index is 13.3. The molecule has 0 saturated carbocycles. The molecule has 3 rings (SSSR count). The van der Waals surface area contributed by atoms with Gasteiger partial charge in [-0.1, -0.05) is 35.7 Å². The zero-order chi connectivity index (χ0) is 22.4. The van der Waals surface area contributed by atoms with Gasteiger partial charge in [-0.2, -0.15) is 0 Å². The Bertz CT molecular complexity index is 1040. The van der Waals surface area contributed by atoms with Crippen molar-refractivity contribution in [3.05, 3.63) is 88.4 Å². The maximum atomic E-state index is 13.3. The number of hydrogen-bond acceptors (Lipinski definition) is 5. The van der Waals surface area contributed by atoms with E-state index in [9.17, 15) is 9.18 Å². The molecular formula is C25H28FN3OS. The van der Waals surface area contributed by atoms with Gasteiger partial charge in [0.1, 0.15) is 12.1 Å². The second-order valence-electron chi connectivity index (χ2n) is 8.00. The molecule has 4 nitrogen and oxygen atoms in total.